The first-order valence-corrected chi connectivity index (χ1v) is 13.8. The van der Waals surface area contributed by atoms with Crippen molar-refractivity contribution in [1.29, 1.82) is 0 Å². The van der Waals surface area contributed by atoms with Crippen molar-refractivity contribution in [3.05, 3.63) is 0 Å². The summed E-state index contributed by atoms with van der Waals surface area (Å²) in [4.78, 5) is 25.2. The third-order valence-corrected chi connectivity index (χ3v) is 10.9. The van der Waals surface area contributed by atoms with Crippen LogP contribution in [0.25, 0.3) is 0 Å². The fourth-order valence-electron chi connectivity index (χ4n) is 9.36. The van der Waals surface area contributed by atoms with Gasteiger partial charge in [0.05, 0.1) is 18.6 Å². The Morgan fingerprint density at radius 1 is 1.11 bits per heavy atom. The lowest BCUT2D eigenvalue weighted by Gasteiger charge is -2.46. The standard InChI is InChI=1S/C28H44O7/c1-7-8-9-10-18(30)35-21-15(2)13-28(32)20(21)23(31)27-12-11-17-19(25(17,4)5)22(27)26(6,33-14-27)24(28)34-16(3)29/h15,17,19-24,31-32H,7-14H2,1-6H3/t15-,17-,19-,20+,21-,22-,23+,24-,26+,27-,28+/m0/s1. The van der Waals surface area contributed by atoms with Gasteiger partial charge in [0, 0.05) is 24.7 Å². The molecule has 0 spiro atoms. The number of unbranched alkanes of at least 4 members (excludes halogenated alkanes) is 2. The van der Waals surface area contributed by atoms with Crippen LogP contribution in [0.15, 0.2) is 0 Å². The van der Waals surface area contributed by atoms with Gasteiger partial charge in [-0.25, -0.2) is 0 Å². The summed E-state index contributed by atoms with van der Waals surface area (Å²) in [7, 11) is 0. The minimum absolute atomic E-state index is 0.0473. The topological polar surface area (TPSA) is 102 Å². The number of esters is 2. The second-order valence-electron chi connectivity index (χ2n) is 13.2. The van der Waals surface area contributed by atoms with E-state index >= 15 is 0 Å². The predicted octanol–water partition coefficient (Wildman–Crippen LogP) is 3.63. The average Bonchev–Trinajstić information content (AvgIpc) is 3.06. The lowest BCUT2D eigenvalue weighted by Crippen LogP contribution is -2.62. The molecular formula is C28H44O7. The molecule has 1 saturated heterocycles. The molecule has 0 unspecified atom stereocenters. The summed E-state index contributed by atoms with van der Waals surface area (Å²) in [6.07, 6.45) is 2.65. The van der Waals surface area contributed by atoms with Gasteiger partial charge in [-0.2, -0.15) is 0 Å². The van der Waals surface area contributed by atoms with E-state index in [0.717, 1.165) is 32.1 Å². The molecule has 0 aromatic rings. The largest absolute Gasteiger partial charge is 0.462 e. The molecule has 5 rings (SSSR count). The number of carbonyl (C=O) groups is 2. The second kappa shape index (κ2) is 8.16. The molecule has 0 aromatic heterocycles. The van der Waals surface area contributed by atoms with Crippen LogP contribution in [0.5, 0.6) is 0 Å². The van der Waals surface area contributed by atoms with Gasteiger partial charge in [-0.05, 0) is 55.8 Å². The van der Waals surface area contributed by atoms with E-state index in [0.29, 0.717) is 24.9 Å². The van der Waals surface area contributed by atoms with Gasteiger partial charge in [-0.15, -0.1) is 0 Å². The Labute approximate surface area is 209 Å². The van der Waals surface area contributed by atoms with Crippen molar-refractivity contribution in [2.75, 3.05) is 6.61 Å². The molecule has 4 saturated carbocycles. The first-order valence-electron chi connectivity index (χ1n) is 13.8. The van der Waals surface area contributed by atoms with Crippen molar-refractivity contribution in [2.24, 2.45) is 40.4 Å². The summed E-state index contributed by atoms with van der Waals surface area (Å²) in [5.74, 6) is -0.864. The van der Waals surface area contributed by atoms with Gasteiger partial charge in [0.1, 0.15) is 17.3 Å². The highest BCUT2D eigenvalue weighted by atomic mass is 16.6. The molecule has 4 aliphatic carbocycles. The number of aliphatic hydroxyl groups is 2. The summed E-state index contributed by atoms with van der Waals surface area (Å²) in [6, 6.07) is 0. The van der Waals surface area contributed by atoms with Crippen LogP contribution in [0.2, 0.25) is 0 Å². The van der Waals surface area contributed by atoms with Crippen molar-refractivity contribution >= 4 is 11.9 Å². The van der Waals surface area contributed by atoms with Crippen LogP contribution < -0.4 is 0 Å². The molecule has 7 heteroatoms. The maximum atomic E-state index is 12.8. The van der Waals surface area contributed by atoms with Crippen LogP contribution in [-0.4, -0.2) is 58.3 Å². The van der Waals surface area contributed by atoms with Crippen LogP contribution in [0.1, 0.15) is 86.5 Å². The molecule has 11 atom stereocenters. The zero-order valence-electron chi connectivity index (χ0n) is 22.2. The second-order valence-corrected chi connectivity index (χ2v) is 13.2. The number of aliphatic hydroxyl groups excluding tert-OH is 1. The predicted molar refractivity (Wildman–Crippen MR) is 128 cm³/mol. The Morgan fingerprint density at radius 2 is 1.83 bits per heavy atom. The normalized spacial score (nSPS) is 51.0. The van der Waals surface area contributed by atoms with Gasteiger partial charge in [-0.1, -0.05) is 40.5 Å². The fourth-order valence-corrected chi connectivity index (χ4v) is 9.36. The maximum absolute atomic E-state index is 12.8. The number of fused-ring (bicyclic) bond motifs is 2. The third kappa shape index (κ3) is 3.40. The number of ether oxygens (including phenoxy) is 3. The smallest absolute Gasteiger partial charge is 0.306 e. The third-order valence-electron chi connectivity index (χ3n) is 10.9. The molecule has 2 bridgehead atoms. The van der Waals surface area contributed by atoms with Gasteiger partial charge < -0.3 is 24.4 Å². The highest BCUT2D eigenvalue weighted by Crippen LogP contribution is 2.78. The minimum Gasteiger partial charge on any atom is -0.462 e. The zero-order valence-corrected chi connectivity index (χ0v) is 22.2. The molecule has 0 aromatic carbocycles. The van der Waals surface area contributed by atoms with Gasteiger partial charge in [0.25, 0.3) is 0 Å². The average molecular weight is 493 g/mol. The van der Waals surface area contributed by atoms with Crippen LogP contribution in [-0.2, 0) is 23.8 Å². The van der Waals surface area contributed by atoms with Crippen LogP contribution in [0.4, 0.5) is 0 Å². The minimum atomic E-state index is -1.55. The Balaban J connectivity index is 1.57. The maximum Gasteiger partial charge on any atom is 0.306 e. The van der Waals surface area contributed by atoms with E-state index in [1.807, 2.05) is 13.8 Å². The lowest BCUT2D eigenvalue weighted by atomic mass is 9.59. The van der Waals surface area contributed by atoms with Gasteiger partial charge in [0.15, 0.2) is 6.10 Å². The molecule has 1 aliphatic heterocycles. The zero-order chi connectivity index (χ0) is 25.6. The Morgan fingerprint density at radius 3 is 2.49 bits per heavy atom. The summed E-state index contributed by atoms with van der Waals surface area (Å²) < 4.78 is 18.5. The van der Waals surface area contributed by atoms with Gasteiger partial charge in [0.2, 0.25) is 0 Å². The lowest BCUT2D eigenvalue weighted by molar-refractivity contribution is -0.231. The van der Waals surface area contributed by atoms with Gasteiger partial charge >= 0.3 is 11.9 Å². The van der Waals surface area contributed by atoms with E-state index < -0.39 is 46.8 Å². The van der Waals surface area contributed by atoms with Crippen molar-refractivity contribution in [3.63, 3.8) is 0 Å². The molecule has 0 radical (unpaired) electrons. The van der Waals surface area contributed by atoms with Crippen molar-refractivity contribution < 1.29 is 34.0 Å². The Bertz CT molecular complexity index is 887. The first kappa shape index (κ1) is 25.5. The fraction of sp³-hybridized carbons (Fsp3) is 0.929. The van der Waals surface area contributed by atoms with E-state index in [1.54, 1.807) is 0 Å². The first-order chi connectivity index (χ1) is 16.3. The van der Waals surface area contributed by atoms with E-state index in [4.69, 9.17) is 14.2 Å². The molecule has 2 N–H and O–H groups in total. The number of rotatable bonds is 6. The SMILES string of the molecule is CCCCCC(=O)O[C@@H]1[C@@H]2[C@@H](O)[C@]34CC[C@H]5[C@@H]([C@H]3[C@@](C)(OC4)[C@H](OC(C)=O)[C@@]2(O)C[C@@H]1C)C5(C)C. The van der Waals surface area contributed by atoms with Crippen LogP contribution in [0.3, 0.4) is 0 Å². The Kier molecular flexibility index (Phi) is 5.94. The summed E-state index contributed by atoms with van der Waals surface area (Å²) in [6.45, 7) is 12.3. The molecule has 198 valence electrons. The summed E-state index contributed by atoms with van der Waals surface area (Å²) >= 11 is 0. The van der Waals surface area contributed by atoms with E-state index in [9.17, 15) is 19.8 Å². The van der Waals surface area contributed by atoms with E-state index in [2.05, 4.69) is 20.8 Å². The van der Waals surface area contributed by atoms with E-state index in [1.165, 1.54) is 6.92 Å². The van der Waals surface area contributed by atoms with Crippen molar-refractivity contribution in [2.45, 2.75) is 116 Å². The molecule has 35 heavy (non-hydrogen) atoms. The van der Waals surface area contributed by atoms with Gasteiger partial charge in [-0.3, -0.25) is 9.59 Å². The molecule has 5 aliphatic rings. The number of hydrogen-bond donors (Lipinski definition) is 2. The molecule has 5 fully saturated rings. The highest BCUT2D eigenvalue weighted by Gasteiger charge is 2.82. The van der Waals surface area contributed by atoms with E-state index in [-0.39, 0.29) is 29.6 Å². The number of carbonyl (C=O) groups excluding carboxylic acids is 2. The molecular weight excluding hydrogens is 448 g/mol. The number of hydrogen-bond acceptors (Lipinski definition) is 7. The quantitative estimate of drug-likeness (QED) is 0.431. The van der Waals surface area contributed by atoms with Crippen molar-refractivity contribution in [1.82, 2.24) is 0 Å². The van der Waals surface area contributed by atoms with Crippen molar-refractivity contribution in [3.8, 4) is 0 Å². The summed E-state index contributed by atoms with van der Waals surface area (Å²) in [5.41, 5.74) is -2.92. The van der Waals surface area contributed by atoms with Crippen LogP contribution >= 0.6 is 0 Å². The monoisotopic (exact) mass is 492 g/mol. The molecule has 0 amide bonds. The summed E-state index contributed by atoms with van der Waals surface area (Å²) in [5, 5.41) is 24.6. The highest BCUT2D eigenvalue weighted by molar-refractivity contribution is 5.69. The Hall–Kier alpha value is -1.18. The van der Waals surface area contributed by atoms with Crippen LogP contribution in [0, 0.1) is 40.4 Å². The molecule has 1 heterocycles. The molecule has 7 nitrogen and oxygen atoms in total.